The fourth-order valence-corrected chi connectivity index (χ4v) is 2.94. The van der Waals surface area contributed by atoms with Gasteiger partial charge in [-0.05, 0) is 37.5 Å². The van der Waals surface area contributed by atoms with Crippen LogP contribution in [0.3, 0.4) is 0 Å². The first kappa shape index (κ1) is 16.5. The van der Waals surface area contributed by atoms with Crippen molar-refractivity contribution in [3.63, 3.8) is 0 Å². The first-order chi connectivity index (χ1) is 10.6. The van der Waals surface area contributed by atoms with Gasteiger partial charge in [0.25, 0.3) is 0 Å². The van der Waals surface area contributed by atoms with Crippen molar-refractivity contribution < 1.29 is 19.4 Å². The summed E-state index contributed by atoms with van der Waals surface area (Å²) in [5.74, 6) is -1.12. The molecule has 0 aromatic heterocycles. The number of carboxylic acids is 1. The third kappa shape index (κ3) is 4.56. The Kier molecular flexibility index (Phi) is 5.95. The van der Waals surface area contributed by atoms with Crippen molar-refractivity contribution in [3.05, 3.63) is 35.4 Å². The molecule has 5 heteroatoms. The van der Waals surface area contributed by atoms with Crippen LogP contribution < -0.4 is 0 Å². The second kappa shape index (κ2) is 7.94. The number of carbonyl (C=O) groups excluding carboxylic acids is 1. The monoisotopic (exact) mass is 305 g/mol. The molecule has 5 nitrogen and oxygen atoms in total. The van der Waals surface area contributed by atoms with Crippen molar-refractivity contribution in [1.29, 1.82) is 0 Å². The summed E-state index contributed by atoms with van der Waals surface area (Å²) in [7, 11) is 0. The van der Waals surface area contributed by atoms with Crippen LogP contribution in [0.15, 0.2) is 24.3 Å². The Hall–Kier alpha value is -1.88. The first-order valence-corrected chi connectivity index (χ1v) is 7.82. The van der Waals surface area contributed by atoms with Crippen LogP contribution in [0.4, 0.5) is 0 Å². The molecule has 1 aliphatic rings. The number of aromatic carboxylic acids is 1. The molecule has 1 aromatic rings. The van der Waals surface area contributed by atoms with E-state index in [0.717, 1.165) is 18.4 Å². The zero-order chi connectivity index (χ0) is 15.9. The SMILES string of the molecule is CCOC(=O)CN(Cc1ccc(C(=O)O)cc1)C1CCCC1. The minimum absolute atomic E-state index is 0.198. The summed E-state index contributed by atoms with van der Waals surface area (Å²) in [5, 5.41) is 8.94. The molecule has 2 rings (SSSR count). The minimum atomic E-state index is -0.925. The standard InChI is InChI=1S/C17H23NO4/c1-2-22-16(19)12-18(15-5-3-4-6-15)11-13-7-9-14(10-8-13)17(20)21/h7-10,15H,2-6,11-12H2,1H3,(H,20,21). The number of rotatable bonds is 7. The van der Waals surface area contributed by atoms with Crippen LogP contribution in [0, 0.1) is 0 Å². The maximum atomic E-state index is 11.8. The van der Waals surface area contributed by atoms with E-state index in [1.807, 2.05) is 19.1 Å². The van der Waals surface area contributed by atoms with Gasteiger partial charge in [0.15, 0.2) is 0 Å². The molecule has 120 valence electrons. The zero-order valence-electron chi connectivity index (χ0n) is 13.0. The molecule has 0 saturated heterocycles. The summed E-state index contributed by atoms with van der Waals surface area (Å²) >= 11 is 0. The number of ether oxygens (including phenoxy) is 1. The fraction of sp³-hybridized carbons (Fsp3) is 0.529. The Bertz CT molecular complexity index is 506. The number of nitrogens with zero attached hydrogens (tertiary/aromatic N) is 1. The van der Waals surface area contributed by atoms with E-state index in [2.05, 4.69) is 4.90 Å². The molecule has 0 radical (unpaired) electrons. The Balaban J connectivity index is 2.04. The highest BCUT2D eigenvalue weighted by Crippen LogP contribution is 2.25. The van der Waals surface area contributed by atoms with Crippen molar-refractivity contribution in [2.45, 2.75) is 45.2 Å². The molecule has 1 N–H and O–H groups in total. The van der Waals surface area contributed by atoms with Crippen LogP contribution in [0.25, 0.3) is 0 Å². The van der Waals surface area contributed by atoms with E-state index in [4.69, 9.17) is 9.84 Å². The molecule has 0 unspecified atom stereocenters. The number of hydrogen-bond donors (Lipinski definition) is 1. The van der Waals surface area contributed by atoms with Crippen LogP contribution in [0.5, 0.6) is 0 Å². The maximum Gasteiger partial charge on any atom is 0.335 e. The molecule has 0 amide bonds. The number of benzene rings is 1. The van der Waals surface area contributed by atoms with Gasteiger partial charge in [-0.15, -0.1) is 0 Å². The Labute approximate surface area is 130 Å². The third-order valence-corrected chi connectivity index (χ3v) is 4.07. The highest BCUT2D eigenvalue weighted by atomic mass is 16.5. The van der Waals surface area contributed by atoms with Gasteiger partial charge < -0.3 is 9.84 Å². The van der Waals surface area contributed by atoms with Gasteiger partial charge in [-0.2, -0.15) is 0 Å². The largest absolute Gasteiger partial charge is 0.478 e. The zero-order valence-corrected chi connectivity index (χ0v) is 13.0. The highest BCUT2D eigenvalue weighted by molar-refractivity contribution is 5.87. The maximum absolute atomic E-state index is 11.8. The van der Waals surface area contributed by atoms with Gasteiger partial charge in [-0.3, -0.25) is 9.69 Å². The average molecular weight is 305 g/mol. The molecule has 1 fully saturated rings. The molecule has 1 saturated carbocycles. The summed E-state index contributed by atoms with van der Waals surface area (Å²) in [6.07, 6.45) is 4.60. The van der Waals surface area contributed by atoms with Gasteiger partial charge in [-0.1, -0.05) is 25.0 Å². The van der Waals surface area contributed by atoms with Gasteiger partial charge in [-0.25, -0.2) is 4.79 Å². The molecule has 0 spiro atoms. The molecule has 1 aliphatic carbocycles. The van der Waals surface area contributed by atoms with Gasteiger partial charge in [0.2, 0.25) is 0 Å². The quantitative estimate of drug-likeness (QED) is 0.785. The Morgan fingerprint density at radius 2 is 1.86 bits per heavy atom. The van der Waals surface area contributed by atoms with Crippen molar-refractivity contribution in [2.24, 2.45) is 0 Å². The van der Waals surface area contributed by atoms with Gasteiger partial charge >= 0.3 is 11.9 Å². The molecule has 1 aromatic carbocycles. The Morgan fingerprint density at radius 3 is 2.41 bits per heavy atom. The van der Waals surface area contributed by atoms with Crippen molar-refractivity contribution in [1.82, 2.24) is 4.90 Å². The smallest absolute Gasteiger partial charge is 0.335 e. The Morgan fingerprint density at radius 1 is 1.23 bits per heavy atom. The summed E-state index contributed by atoms with van der Waals surface area (Å²) in [5.41, 5.74) is 1.29. The van der Waals surface area contributed by atoms with Gasteiger partial charge in [0, 0.05) is 12.6 Å². The summed E-state index contributed by atoms with van der Waals surface area (Å²) in [4.78, 5) is 24.8. The fourth-order valence-electron chi connectivity index (χ4n) is 2.94. The van der Waals surface area contributed by atoms with E-state index in [1.165, 1.54) is 12.8 Å². The van der Waals surface area contributed by atoms with Crippen molar-refractivity contribution in [3.8, 4) is 0 Å². The number of carbonyl (C=O) groups is 2. The third-order valence-electron chi connectivity index (χ3n) is 4.07. The van der Waals surface area contributed by atoms with Gasteiger partial charge in [0.1, 0.15) is 0 Å². The molecule has 0 bridgehead atoms. The average Bonchev–Trinajstić information content (AvgIpc) is 3.01. The van der Waals surface area contributed by atoms with Crippen molar-refractivity contribution >= 4 is 11.9 Å². The molecule has 0 atom stereocenters. The number of esters is 1. The molecule has 0 heterocycles. The minimum Gasteiger partial charge on any atom is -0.478 e. The summed E-state index contributed by atoms with van der Waals surface area (Å²) in [6.45, 7) is 3.13. The van der Waals surface area contributed by atoms with Crippen LogP contribution in [-0.4, -0.2) is 41.1 Å². The number of hydrogen-bond acceptors (Lipinski definition) is 4. The second-order valence-electron chi connectivity index (χ2n) is 5.65. The lowest BCUT2D eigenvalue weighted by atomic mass is 10.1. The topological polar surface area (TPSA) is 66.8 Å². The van der Waals surface area contributed by atoms with E-state index < -0.39 is 5.97 Å². The molecular weight excluding hydrogens is 282 g/mol. The van der Waals surface area contributed by atoms with Crippen molar-refractivity contribution in [2.75, 3.05) is 13.2 Å². The van der Waals surface area contributed by atoms with E-state index in [9.17, 15) is 9.59 Å². The number of carboxylic acid groups (broad SMARTS) is 1. The molecule has 22 heavy (non-hydrogen) atoms. The van der Waals surface area contributed by atoms with E-state index in [-0.39, 0.29) is 11.5 Å². The van der Waals surface area contributed by atoms with E-state index in [0.29, 0.717) is 25.7 Å². The lowest BCUT2D eigenvalue weighted by molar-refractivity contribution is -0.145. The predicted molar refractivity (Wildman–Crippen MR) is 82.7 cm³/mol. The lowest BCUT2D eigenvalue weighted by Crippen LogP contribution is -2.37. The van der Waals surface area contributed by atoms with Crippen LogP contribution in [0.2, 0.25) is 0 Å². The van der Waals surface area contributed by atoms with Crippen LogP contribution in [0.1, 0.15) is 48.5 Å². The molecule has 0 aliphatic heterocycles. The van der Waals surface area contributed by atoms with E-state index in [1.54, 1.807) is 12.1 Å². The lowest BCUT2D eigenvalue weighted by Gasteiger charge is -2.27. The van der Waals surface area contributed by atoms with Crippen LogP contribution >= 0.6 is 0 Å². The molecular formula is C17H23NO4. The predicted octanol–water partition coefficient (Wildman–Crippen LogP) is 2.69. The first-order valence-electron chi connectivity index (χ1n) is 7.82. The van der Waals surface area contributed by atoms with Gasteiger partial charge in [0.05, 0.1) is 18.7 Å². The normalized spacial score (nSPS) is 15.2. The summed E-state index contributed by atoms with van der Waals surface area (Å²) < 4.78 is 5.06. The highest BCUT2D eigenvalue weighted by Gasteiger charge is 2.25. The second-order valence-corrected chi connectivity index (χ2v) is 5.65. The van der Waals surface area contributed by atoms with E-state index >= 15 is 0 Å². The summed E-state index contributed by atoms with van der Waals surface area (Å²) in [6, 6.07) is 7.25. The van der Waals surface area contributed by atoms with Crippen LogP contribution in [-0.2, 0) is 16.1 Å².